The second-order valence-electron chi connectivity index (χ2n) is 9.61. The number of aromatic nitrogens is 3. The molecule has 4 rings (SSSR count). The summed E-state index contributed by atoms with van der Waals surface area (Å²) in [5, 5.41) is 9.82. The zero-order chi connectivity index (χ0) is 23.9. The minimum Gasteiger partial charge on any atom is -0.472 e. The Morgan fingerprint density at radius 3 is 2.65 bits per heavy atom. The van der Waals surface area contributed by atoms with E-state index in [2.05, 4.69) is 20.1 Å². The molecule has 0 bridgehead atoms. The van der Waals surface area contributed by atoms with Crippen molar-refractivity contribution in [3.8, 4) is 5.88 Å². The van der Waals surface area contributed by atoms with Crippen LogP contribution in [0.4, 0.5) is 8.78 Å². The Morgan fingerprint density at radius 2 is 1.91 bits per heavy atom. The molecular weight excluding hydrogens is 458 g/mol. The van der Waals surface area contributed by atoms with Crippen molar-refractivity contribution in [2.75, 3.05) is 26.2 Å². The zero-order valence-electron chi connectivity index (χ0n) is 19.8. The van der Waals surface area contributed by atoms with Crippen LogP contribution in [0.3, 0.4) is 0 Å². The fourth-order valence-electron chi connectivity index (χ4n) is 5.12. The number of Topliss-reactive ketones (excluding diaryl/α,β-unsaturated/α-hetero) is 1. The number of carbonyl (C=O) groups is 1. The SMILES string of the molecule is Cc1nnc(CC(=O)CC2CCC(CCN3CCc4ccc(OCC(F)F)nc4CC3)CC2)s1. The highest BCUT2D eigenvalue weighted by Crippen LogP contribution is 2.33. The minimum atomic E-state index is -2.49. The van der Waals surface area contributed by atoms with E-state index >= 15 is 0 Å². The molecule has 1 aliphatic heterocycles. The van der Waals surface area contributed by atoms with Crippen molar-refractivity contribution in [2.24, 2.45) is 11.8 Å². The summed E-state index contributed by atoms with van der Waals surface area (Å²) in [4.78, 5) is 19.4. The lowest BCUT2D eigenvalue weighted by Gasteiger charge is -2.30. The molecule has 9 heteroatoms. The van der Waals surface area contributed by atoms with Crippen molar-refractivity contribution in [2.45, 2.75) is 71.1 Å². The van der Waals surface area contributed by atoms with Crippen molar-refractivity contribution in [1.29, 1.82) is 0 Å². The Hall–Kier alpha value is -2.00. The molecule has 2 aromatic rings. The van der Waals surface area contributed by atoms with E-state index in [1.165, 1.54) is 36.2 Å². The topological polar surface area (TPSA) is 68.2 Å². The Morgan fingerprint density at radius 1 is 1.15 bits per heavy atom. The van der Waals surface area contributed by atoms with Crippen LogP contribution in [0.2, 0.25) is 0 Å². The standard InChI is InChI=1S/C25H34F2N4O2S/c1-17-29-30-25(34-17)15-21(32)14-19-4-2-18(3-5-19)8-11-31-12-9-20-6-7-24(33-16-23(26)27)28-22(20)10-13-31/h6-7,18-19,23H,2-5,8-16H2,1H3. The molecule has 0 atom stereocenters. The number of aryl methyl sites for hydroxylation is 1. The lowest BCUT2D eigenvalue weighted by molar-refractivity contribution is -0.119. The number of hydrogen-bond acceptors (Lipinski definition) is 7. The number of fused-ring (bicyclic) bond motifs is 1. The number of halogens is 2. The second-order valence-corrected chi connectivity index (χ2v) is 10.9. The molecule has 2 aromatic heterocycles. The van der Waals surface area contributed by atoms with Crippen molar-refractivity contribution in [3.05, 3.63) is 33.4 Å². The summed E-state index contributed by atoms with van der Waals surface area (Å²) in [7, 11) is 0. The first kappa shape index (κ1) is 25.1. The predicted octanol–water partition coefficient (Wildman–Crippen LogP) is 4.68. The van der Waals surface area contributed by atoms with Crippen LogP contribution in [0, 0.1) is 18.8 Å². The molecule has 6 nitrogen and oxygen atoms in total. The average molecular weight is 493 g/mol. The van der Waals surface area contributed by atoms with Crippen molar-refractivity contribution in [1.82, 2.24) is 20.1 Å². The van der Waals surface area contributed by atoms with Gasteiger partial charge >= 0.3 is 0 Å². The highest BCUT2D eigenvalue weighted by atomic mass is 32.1. The van der Waals surface area contributed by atoms with Crippen LogP contribution in [0.5, 0.6) is 5.88 Å². The molecule has 0 radical (unpaired) electrons. The van der Waals surface area contributed by atoms with E-state index in [-0.39, 0.29) is 0 Å². The zero-order valence-corrected chi connectivity index (χ0v) is 20.7. The monoisotopic (exact) mass is 492 g/mol. The van der Waals surface area contributed by atoms with Crippen molar-refractivity contribution < 1.29 is 18.3 Å². The van der Waals surface area contributed by atoms with Gasteiger partial charge in [0, 0.05) is 37.7 Å². The smallest absolute Gasteiger partial charge is 0.272 e. The fourth-order valence-corrected chi connectivity index (χ4v) is 5.86. The first-order chi connectivity index (χ1) is 16.4. The van der Waals surface area contributed by atoms with E-state index in [0.29, 0.717) is 30.4 Å². The third-order valence-corrected chi connectivity index (χ3v) is 7.85. The van der Waals surface area contributed by atoms with E-state index in [9.17, 15) is 13.6 Å². The fraction of sp³-hybridized carbons (Fsp3) is 0.680. The van der Waals surface area contributed by atoms with Crippen LogP contribution in [-0.2, 0) is 24.1 Å². The molecule has 0 aromatic carbocycles. The van der Waals surface area contributed by atoms with Gasteiger partial charge < -0.3 is 9.64 Å². The van der Waals surface area contributed by atoms with E-state index < -0.39 is 13.0 Å². The molecule has 2 aliphatic rings. The normalized spacial score (nSPS) is 21.3. The largest absolute Gasteiger partial charge is 0.472 e. The molecular formula is C25H34F2N4O2S. The van der Waals surface area contributed by atoms with Gasteiger partial charge in [-0.1, -0.05) is 18.9 Å². The number of hydrogen-bond donors (Lipinski definition) is 0. The van der Waals surface area contributed by atoms with E-state index in [0.717, 1.165) is 66.9 Å². The number of alkyl halides is 2. The summed E-state index contributed by atoms with van der Waals surface area (Å²) in [6.07, 6.45) is 6.25. The first-order valence-corrected chi connectivity index (χ1v) is 13.2. The minimum absolute atomic E-state index is 0.292. The summed E-state index contributed by atoms with van der Waals surface area (Å²) >= 11 is 1.51. The lowest BCUT2D eigenvalue weighted by Crippen LogP contribution is -2.29. The van der Waals surface area contributed by atoms with E-state index in [4.69, 9.17) is 4.74 Å². The highest BCUT2D eigenvalue weighted by Gasteiger charge is 2.24. The molecule has 1 aliphatic carbocycles. The summed E-state index contributed by atoms with van der Waals surface area (Å²) in [6.45, 7) is 4.32. The van der Waals surface area contributed by atoms with Gasteiger partial charge in [-0.05, 0) is 56.6 Å². The molecule has 0 spiro atoms. The summed E-state index contributed by atoms with van der Waals surface area (Å²) in [6, 6.07) is 3.68. The Labute approximate surface area is 204 Å². The molecule has 1 fully saturated rings. The number of ether oxygens (including phenoxy) is 1. The first-order valence-electron chi connectivity index (χ1n) is 12.4. The maximum absolute atomic E-state index is 12.4. The van der Waals surface area contributed by atoms with Gasteiger partial charge in [-0.15, -0.1) is 21.5 Å². The lowest BCUT2D eigenvalue weighted by atomic mass is 9.78. The van der Waals surface area contributed by atoms with Gasteiger partial charge in [0.25, 0.3) is 6.43 Å². The maximum atomic E-state index is 12.4. The van der Waals surface area contributed by atoms with Crippen LogP contribution in [0.1, 0.15) is 59.8 Å². The highest BCUT2D eigenvalue weighted by molar-refractivity contribution is 7.11. The Balaban J connectivity index is 1.15. The third kappa shape index (κ3) is 7.50. The van der Waals surface area contributed by atoms with Crippen molar-refractivity contribution in [3.63, 3.8) is 0 Å². The molecule has 0 N–H and O–H groups in total. The summed E-state index contributed by atoms with van der Waals surface area (Å²) < 4.78 is 29.9. The summed E-state index contributed by atoms with van der Waals surface area (Å²) in [5.74, 6) is 1.83. The molecule has 0 unspecified atom stereocenters. The molecule has 3 heterocycles. The molecule has 1 saturated carbocycles. The van der Waals surface area contributed by atoms with Crippen LogP contribution in [0.15, 0.2) is 12.1 Å². The van der Waals surface area contributed by atoms with E-state index in [1.54, 1.807) is 6.07 Å². The number of carbonyl (C=O) groups excluding carboxylic acids is 1. The number of ketones is 1. The van der Waals surface area contributed by atoms with Gasteiger partial charge in [0.15, 0.2) is 6.61 Å². The third-order valence-electron chi connectivity index (χ3n) is 7.01. The van der Waals surface area contributed by atoms with Gasteiger partial charge in [0.1, 0.15) is 15.8 Å². The number of rotatable bonds is 10. The van der Waals surface area contributed by atoms with Gasteiger partial charge in [-0.3, -0.25) is 4.79 Å². The second kappa shape index (κ2) is 12.1. The van der Waals surface area contributed by atoms with Crippen molar-refractivity contribution >= 4 is 17.1 Å². The quantitative estimate of drug-likeness (QED) is 0.480. The molecule has 0 amide bonds. The predicted molar refractivity (Wildman–Crippen MR) is 128 cm³/mol. The Bertz CT molecular complexity index is 947. The van der Waals surface area contributed by atoms with Gasteiger partial charge in [-0.25, -0.2) is 13.8 Å². The number of nitrogens with zero attached hydrogens (tertiary/aromatic N) is 4. The van der Waals surface area contributed by atoms with Crippen LogP contribution in [-0.4, -0.2) is 58.5 Å². The molecule has 34 heavy (non-hydrogen) atoms. The van der Waals surface area contributed by atoms with Gasteiger partial charge in [-0.2, -0.15) is 0 Å². The Kier molecular flexibility index (Phi) is 8.94. The molecule has 186 valence electrons. The summed E-state index contributed by atoms with van der Waals surface area (Å²) in [5.41, 5.74) is 2.17. The van der Waals surface area contributed by atoms with Gasteiger partial charge in [0.05, 0.1) is 6.42 Å². The van der Waals surface area contributed by atoms with Gasteiger partial charge in [0.2, 0.25) is 5.88 Å². The number of pyridine rings is 1. The van der Waals surface area contributed by atoms with E-state index in [1.807, 2.05) is 13.0 Å². The van der Waals surface area contributed by atoms with Crippen LogP contribution < -0.4 is 4.74 Å². The molecule has 0 saturated heterocycles. The maximum Gasteiger partial charge on any atom is 0.272 e. The van der Waals surface area contributed by atoms with Crippen LogP contribution in [0.25, 0.3) is 0 Å². The average Bonchev–Trinajstić information content (AvgIpc) is 3.11. The van der Waals surface area contributed by atoms with Crippen LogP contribution >= 0.6 is 11.3 Å².